The van der Waals surface area contributed by atoms with Gasteiger partial charge in [-0.15, -0.1) is 0 Å². The van der Waals surface area contributed by atoms with Crippen molar-refractivity contribution in [3.63, 3.8) is 0 Å². The molecule has 10 heteroatoms. The van der Waals surface area contributed by atoms with Gasteiger partial charge in [-0.1, -0.05) is 12.1 Å². The highest BCUT2D eigenvalue weighted by Crippen LogP contribution is 1.91. The van der Waals surface area contributed by atoms with Gasteiger partial charge in [-0.2, -0.15) is 0 Å². The lowest BCUT2D eigenvalue weighted by molar-refractivity contribution is 0.0680. The van der Waals surface area contributed by atoms with Gasteiger partial charge in [-0.3, -0.25) is 0 Å². The van der Waals surface area contributed by atoms with Crippen molar-refractivity contribution in [1.29, 1.82) is 0 Å². The Morgan fingerprint density at radius 1 is 0.750 bits per heavy atom. The van der Waals surface area contributed by atoms with E-state index in [-0.39, 0.29) is 11.4 Å². The molecule has 0 aliphatic rings. The largest absolute Gasteiger partial charge is 0.477 e. The van der Waals surface area contributed by atoms with E-state index in [1.165, 1.54) is 24.5 Å². The maximum atomic E-state index is 10.1. The standard InChI is InChI=1S/C6H18N4.2C6H5NO2/c7-1-3-9-5-6-10-4-2-8;2*8-6(9)5-3-1-2-4-7-5/h9-10H,1-8H2;2*1-4H,(H,8,9). The van der Waals surface area contributed by atoms with Crippen molar-refractivity contribution in [3.8, 4) is 0 Å². The Morgan fingerprint density at radius 3 is 1.36 bits per heavy atom. The molecule has 2 heterocycles. The van der Waals surface area contributed by atoms with E-state index < -0.39 is 11.9 Å². The Kier molecular flexibility index (Phi) is 15.7. The molecule has 0 atom stereocenters. The van der Waals surface area contributed by atoms with Gasteiger partial charge in [-0.05, 0) is 24.3 Å². The van der Waals surface area contributed by atoms with Gasteiger partial charge < -0.3 is 32.3 Å². The van der Waals surface area contributed by atoms with Crippen LogP contribution in [-0.2, 0) is 0 Å². The minimum Gasteiger partial charge on any atom is -0.477 e. The molecule has 0 bridgehead atoms. The fourth-order valence-electron chi connectivity index (χ4n) is 1.61. The summed E-state index contributed by atoms with van der Waals surface area (Å²) in [5.41, 5.74) is 10.7. The SMILES string of the molecule is NCCNCCNCCN.O=C(O)c1ccccn1.O=C(O)c1ccccn1. The summed E-state index contributed by atoms with van der Waals surface area (Å²) in [5.74, 6) is -1.98. The lowest BCUT2D eigenvalue weighted by Crippen LogP contribution is -2.32. The Hall–Kier alpha value is -2.92. The van der Waals surface area contributed by atoms with Crippen LogP contribution in [-0.4, -0.2) is 71.4 Å². The van der Waals surface area contributed by atoms with Crippen LogP contribution >= 0.6 is 0 Å². The van der Waals surface area contributed by atoms with Gasteiger partial charge in [0.2, 0.25) is 0 Å². The van der Waals surface area contributed by atoms with Gasteiger partial charge in [0, 0.05) is 51.7 Å². The van der Waals surface area contributed by atoms with E-state index in [1.54, 1.807) is 24.3 Å². The highest BCUT2D eigenvalue weighted by molar-refractivity contribution is 5.85. The van der Waals surface area contributed by atoms with Crippen LogP contribution in [0.25, 0.3) is 0 Å². The van der Waals surface area contributed by atoms with E-state index in [9.17, 15) is 9.59 Å². The molecule has 0 radical (unpaired) electrons. The highest BCUT2D eigenvalue weighted by Gasteiger charge is 1.99. The normalized spacial score (nSPS) is 9.36. The summed E-state index contributed by atoms with van der Waals surface area (Å²) < 4.78 is 0. The first-order chi connectivity index (χ1) is 13.5. The molecule has 28 heavy (non-hydrogen) atoms. The summed E-state index contributed by atoms with van der Waals surface area (Å²) in [5, 5.41) is 23.0. The minimum atomic E-state index is -0.990. The van der Waals surface area contributed by atoms with E-state index in [4.69, 9.17) is 21.7 Å². The van der Waals surface area contributed by atoms with Gasteiger partial charge in [0.15, 0.2) is 0 Å². The first-order valence-electron chi connectivity index (χ1n) is 8.63. The van der Waals surface area contributed by atoms with Crippen LogP contribution in [0.3, 0.4) is 0 Å². The van der Waals surface area contributed by atoms with Crippen LogP contribution < -0.4 is 22.1 Å². The zero-order chi connectivity index (χ0) is 21.0. The summed E-state index contributed by atoms with van der Waals surface area (Å²) in [6.45, 7) is 5.14. The van der Waals surface area contributed by atoms with E-state index >= 15 is 0 Å². The first-order valence-corrected chi connectivity index (χ1v) is 8.63. The van der Waals surface area contributed by atoms with E-state index in [2.05, 4.69) is 20.6 Å². The fraction of sp³-hybridized carbons (Fsp3) is 0.333. The Balaban J connectivity index is 0.000000391. The molecule has 0 aliphatic heterocycles. The third kappa shape index (κ3) is 14.3. The highest BCUT2D eigenvalue weighted by atomic mass is 16.4. The second-order valence-corrected chi connectivity index (χ2v) is 5.12. The predicted molar refractivity (Wildman–Crippen MR) is 106 cm³/mol. The lowest BCUT2D eigenvalue weighted by atomic mass is 10.4. The number of hydrogen-bond acceptors (Lipinski definition) is 8. The van der Waals surface area contributed by atoms with Crippen LogP contribution in [0, 0.1) is 0 Å². The summed E-state index contributed by atoms with van der Waals surface area (Å²) in [4.78, 5) is 27.4. The van der Waals surface area contributed by atoms with Crippen molar-refractivity contribution in [2.45, 2.75) is 0 Å². The summed E-state index contributed by atoms with van der Waals surface area (Å²) >= 11 is 0. The van der Waals surface area contributed by atoms with Crippen LogP contribution in [0.1, 0.15) is 21.0 Å². The molecule has 0 saturated heterocycles. The van der Waals surface area contributed by atoms with Crippen molar-refractivity contribution in [3.05, 3.63) is 60.2 Å². The molecule has 0 unspecified atom stereocenters. The number of carbonyl (C=O) groups is 2. The number of rotatable bonds is 9. The van der Waals surface area contributed by atoms with Gasteiger partial charge in [0.05, 0.1) is 0 Å². The summed E-state index contributed by atoms with van der Waals surface area (Å²) in [6, 6.07) is 9.51. The Labute approximate surface area is 164 Å². The van der Waals surface area contributed by atoms with Crippen LogP contribution in [0.4, 0.5) is 0 Å². The number of pyridine rings is 2. The van der Waals surface area contributed by atoms with E-state index in [1.807, 2.05) is 0 Å². The van der Waals surface area contributed by atoms with Crippen molar-refractivity contribution >= 4 is 11.9 Å². The van der Waals surface area contributed by atoms with Gasteiger partial charge in [-0.25, -0.2) is 19.6 Å². The smallest absolute Gasteiger partial charge is 0.354 e. The second kappa shape index (κ2) is 17.5. The number of aromatic carboxylic acids is 2. The quantitative estimate of drug-likeness (QED) is 0.309. The molecule has 154 valence electrons. The molecule has 2 aromatic rings. The fourth-order valence-corrected chi connectivity index (χ4v) is 1.61. The molecule has 0 aliphatic carbocycles. The number of carboxylic acid groups (broad SMARTS) is 2. The average Bonchev–Trinajstić information content (AvgIpc) is 2.73. The predicted octanol–water partition coefficient (Wildman–Crippen LogP) is -0.357. The molecular weight excluding hydrogens is 364 g/mol. The Bertz CT molecular complexity index is 586. The number of nitrogens with zero attached hydrogens (tertiary/aromatic N) is 2. The average molecular weight is 392 g/mol. The van der Waals surface area contributed by atoms with Crippen molar-refractivity contribution < 1.29 is 19.8 Å². The maximum absolute atomic E-state index is 10.1. The van der Waals surface area contributed by atoms with Crippen LogP contribution in [0.5, 0.6) is 0 Å². The number of hydrogen-bond donors (Lipinski definition) is 6. The minimum absolute atomic E-state index is 0.0810. The molecule has 0 amide bonds. The summed E-state index contributed by atoms with van der Waals surface area (Å²) in [6.07, 6.45) is 2.90. The van der Waals surface area contributed by atoms with E-state index in [0.717, 1.165) is 26.2 Å². The van der Waals surface area contributed by atoms with E-state index in [0.29, 0.717) is 13.1 Å². The van der Waals surface area contributed by atoms with Crippen molar-refractivity contribution in [2.24, 2.45) is 11.5 Å². The lowest BCUT2D eigenvalue weighted by Gasteiger charge is -2.03. The molecular formula is C18H28N6O4. The van der Waals surface area contributed by atoms with Crippen molar-refractivity contribution in [2.75, 3.05) is 39.3 Å². The topological polar surface area (TPSA) is 176 Å². The maximum Gasteiger partial charge on any atom is 0.354 e. The van der Waals surface area contributed by atoms with Gasteiger partial charge >= 0.3 is 11.9 Å². The van der Waals surface area contributed by atoms with Crippen LogP contribution in [0.15, 0.2) is 48.8 Å². The molecule has 0 spiro atoms. The zero-order valence-electron chi connectivity index (χ0n) is 15.6. The van der Waals surface area contributed by atoms with Gasteiger partial charge in [0.25, 0.3) is 0 Å². The first kappa shape index (κ1) is 25.1. The molecule has 0 aromatic carbocycles. The molecule has 0 fully saturated rings. The summed E-state index contributed by atoms with van der Waals surface area (Å²) in [7, 11) is 0. The second-order valence-electron chi connectivity index (χ2n) is 5.12. The number of nitrogens with two attached hydrogens (primary N) is 2. The van der Waals surface area contributed by atoms with Gasteiger partial charge in [0.1, 0.15) is 11.4 Å². The Morgan fingerprint density at radius 2 is 1.14 bits per heavy atom. The molecule has 10 nitrogen and oxygen atoms in total. The van der Waals surface area contributed by atoms with Crippen LogP contribution in [0.2, 0.25) is 0 Å². The monoisotopic (exact) mass is 392 g/mol. The molecule has 2 rings (SSSR count). The van der Waals surface area contributed by atoms with Crippen molar-refractivity contribution in [1.82, 2.24) is 20.6 Å². The number of nitrogens with one attached hydrogen (secondary N) is 2. The molecule has 8 N–H and O–H groups in total. The number of aromatic nitrogens is 2. The third-order valence-electron chi connectivity index (χ3n) is 2.89. The number of carboxylic acids is 2. The molecule has 0 saturated carbocycles. The third-order valence-corrected chi connectivity index (χ3v) is 2.89. The molecule has 2 aromatic heterocycles. The zero-order valence-corrected chi connectivity index (χ0v) is 15.6.